The fourth-order valence-corrected chi connectivity index (χ4v) is 2.76. The summed E-state index contributed by atoms with van der Waals surface area (Å²) in [7, 11) is -3.55. The Balaban J connectivity index is 3.30. The Morgan fingerprint density at radius 2 is 2.00 bits per heavy atom. The zero-order chi connectivity index (χ0) is 13.2. The van der Waals surface area contributed by atoms with Gasteiger partial charge in [0.15, 0.2) is 0 Å². The summed E-state index contributed by atoms with van der Waals surface area (Å²) in [4.78, 5) is 11.2. The van der Waals surface area contributed by atoms with Crippen LogP contribution >= 0.6 is 0 Å². The van der Waals surface area contributed by atoms with Crippen LogP contribution in [0.5, 0.6) is 0 Å². The normalized spacial score (nSPS) is 13.1. The summed E-state index contributed by atoms with van der Waals surface area (Å²) >= 11 is 0. The number of sulfonamides is 1. The number of hydrogen-bond donors (Lipinski definition) is 1. The van der Waals surface area contributed by atoms with Gasteiger partial charge in [-0.2, -0.15) is 0 Å². The molecule has 0 unspecified atom stereocenters. The monoisotopic (exact) mass is 256 g/mol. The van der Waals surface area contributed by atoms with Gasteiger partial charge in [-0.25, -0.2) is 8.42 Å². The lowest BCUT2D eigenvalue weighted by Crippen LogP contribution is -2.45. The predicted molar refractivity (Wildman–Crippen MR) is 67.2 cm³/mol. The van der Waals surface area contributed by atoms with E-state index in [2.05, 4.69) is 0 Å². The molecule has 1 atom stereocenters. The van der Waals surface area contributed by atoms with E-state index in [0.29, 0.717) is 5.69 Å². The van der Waals surface area contributed by atoms with E-state index >= 15 is 0 Å². The number of nitrogens with zero attached hydrogens (tertiary/aromatic N) is 1. The molecule has 0 fully saturated rings. The highest BCUT2D eigenvalue weighted by molar-refractivity contribution is 7.92. The second-order valence-electron chi connectivity index (χ2n) is 3.98. The second kappa shape index (κ2) is 4.75. The van der Waals surface area contributed by atoms with Crippen LogP contribution in [0.25, 0.3) is 0 Å². The summed E-state index contributed by atoms with van der Waals surface area (Å²) in [5, 5.41) is 0. The van der Waals surface area contributed by atoms with Crippen LogP contribution in [-0.2, 0) is 14.8 Å². The number of hydrogen-bond acceptors (Lipinski definition) is 3. The van der Waals surface area contributed by atoms with Crippen LogP contribution in [0.1, 0.15) is 12.5 Å². The first-order valence-corrected chi connectivity index (χ1v) is 6.93. The molecule has 0 radical (unpaired) electrons. The summed E-state index contributed by atoms with van der Waals surface area (Å²) in [5.74, 6) is -0.683. The Labute approximate surface area is 101 Å². The van der Waals surface area contributed by atoms with Gasteiger partial charge in [-0.1, -0.05) is 12.1 Å². The average molecular weight is 256 g/mol. The van der Waals surface area contributed by atoms with Crippen LogP contribution in [0.15, 0.2) is 24.3 Å². The molecule has 1 rings (SSSR count). The molecule has 0 spiro atoms. The van der Waals surface area contributed by atoms with Gasteiger partial charge in [-0.15, -0.1) is 0 Å². The molecule has 94 valence electrons. The number of carbonyl (C=O) groups is 1. The number of benzene rings is 1. The van der Waals surface area contributed by atoms with Gasteiger partial charge in [-0.3, -0.25) is 9.10 Å². The lowest BCUT2D eigenvalue weighted by atomic mass is 10.2. The fraction of sp³-hybridized carbons (Fsp3) is 0.364. The molecule has 0 aliphatic rings. The topological polar surface area (TPSA) is 80.5 Å². The molecular weight excluding hydrogens is 240 g/mol. The minimum atomic E-state index is -3.55. The largest absolute Gasteiger partial charge is 0.368 e. The molecule has 2 N–H and O–H groups in total. The van der Waals surface area contributed by atoms with E-state index in [0.717, 1.165) is 16.1 Å². The number of rotatable bonds is 4. The van der Waals surface area contributed by atoms with Gasteiger partial charge < -0.3 is 5.73 Å². The fourth-order valence-electron chi connectivity index (χ4n) is 1.58. The number of aryl methyl sites for hydroxylation is 1. The van der Waals surface area contributed by atoms with Gasteiger partial charge in [0.25, 0.3) is 0 Å². The molecule has 0 saturated carbocycles. The average Bonchev–Trinajstić information content (AvgIpc) is 2.15. The van der Waals surface area contributed by atoms with Crippen molar-refractivity contribution in [3.63, 3.8) is 0 Å². The molecule has 0 heterocycles. The molecule has 17 heavy (non-hydrogen) atoms. The zero-order valence-corrected chi connectivity index (χ0v) is 10.9. The quantitative estimate of drug-likeness (QED) is 0.858. The molecule has 0 aliphatic heterocycles. The third-order valence-electron chi connectivity index (χ3n) is 2.38. The number of nitrogens with two attached hydrogens (primary N) is 1. The maximum absolute atomic E-state index is 11.7. The van der Waals surface area contributed by atoms with Gasteiger partial charge in [0.1, 0.15) is 6.04 Å². The highest BCUT2D eigenvalue weighted by Crippen LogP contribution is 2.21. The number of primary amides is 1. The molecule has 5 nitrogen and oxygen atoms in total. The number of amides is 1. The Morgan fingerprint density at radius 1 is 1.41 bits per heavy atom. The van der Waals surface area contributed by atoms with E-state index in [-0.39, 0.29) is 0 Å². The van der Waals surface area contributed by atoms with Crippen LogP contribution in [0.4, 0.5) is 5.69 Å². The van der Waals surface area contributed by atoms with Crippen LogP contribution in [0, 0.1) is 6.92 Å². The van der Waals surface area contributed by atoms with E-state index in [1.165, 1.54) is 6.92 Å². The molecule has 1 amide bonds. The summed E-state index contributed by atoms with van der Waals surface area (Å²) in [6, 6.07) is 6.00. The van der Waals surface area contributed by atoms with Gasteiger partial charge >= 0.3 is 0 Å². The van der Waals surface area contributed by atoms with Crippen molar-refractivity contribution in [2.75, 3.05) is 10.6 Å². The van der Waals surface area contributed by atoms with Crippen molar-refractivity contribution in [3.05, 3.63) is 29.8 Å². The molecule has 1 aromatic rings. The van der Waals surface area contributed by atoms with E-state index in [4.69, 9.17) is 5.73 Å². The Bertz CT molecular complexity index is 525. The summed E-state index contributed by atoms with van der Waals surface area (Å²) in [5.41, 5.74) is 6.52. The van der Waals surface area contributed by atoms with Gasteiger partial charge in [0.05, 0.1) is 11.9 Å². The van der Waals surface area contributed by atoms with Crippen molar-refractivity contribution in [2.45, 2.75) is 19.9 Å². The predicted octanol–water partition coefficient (Wildman–Crippen LogP) is 0.635. The standard InChI is InChI=1S/C11H16N2O3S/c1-8-5-4-6-10(7-8)13(17(3,15)16)9(2)11(12)14/h4-7,9H,1-3H3,(H2,12,14)/t9-/m1/s1. The Hall–Kier alpha value is -1.56. The smallest absolute Gasteiger partial charge is 0.241 e. The van der Waals surface area contributed by atoms with Crippen LogP contribution in [0.2, 0.25) is 0 Å². The van der Waals surface area contributed by atoms with Crippen molar-refractivity contribution in [1.82, 2.24) is 0 Å². The van der Waals surface area contributed by atoms with Crippen LogP contribution in [-0.4, -0.2) is 26.6 Å². The van der Waals surface area contributed by atoms with E-state index in [1.807, 2.05) is 13.0 Å². The number of carbonyl (C=O) groups excluding carboxylic acids is 1. The minimum Gasteiger partial charge on any atom is -0.368 e. The van der Waals surface area contributed by atoms with Crippen molar-refractivity contribution in [1.29, 1.82) is 0 Å². The van der Waals surface area contributed by atoms with Crippen LogP contribution < -0.4 is 10.0 Å². The Kier molecular flexibility index (Phi) is 3.77. The molecular formula is C11H16N2O3S. The van der Waals surface area contributed by atoms with Gasteiger partial charge in [0.2, 0.25) is 15.9 Å². The third-order valence-corrected chi connectivity index (χ3v) is 3.62. The molecule has 0 aromatic heterocycles. The highest BCUT2D eigenvalue weighted by atomic mass is 32.2. The first-order valence-electron chi connectivity index (χ1n) is 5.09. The molecule has 0 saturated heterocycles. The highest BCUT2D eigenvalue weighted by Gasteiger charge is 2.27. The van der Waals surface area contributed by atoms with Crippen molar-refractivity contribution in [3.8, 4) is 0 Å². The van der Waals surface area contributed by atoms with E-state index in [9.17, 15) is 13.2 Å². The van der Waals surface area contributed by atoms with E-state index in [1.54, 1.807) is 18.2 Å². The van der Waals surface area contributed by atoms with Crippen molar-refractivity contribution in [2.24, 2.45) is 5.73 Å². The van der Waals surface area contributed by atoms with Gasteiger partial charge in [-0.05, 0) is 31.5 Å². The Morgan fingerprint density at radius 3 is 2.41 bits per heavy atom. The summed E-state index contributed by atoms with van der Waals surface area (Å²) in [6.45, 7) is 3.31. The van der Waals surface area contributed by atoms with Crippen molar-refractivity contribution < 1.29 is 13.2 Å². The number of anilines is 1. The van der Waals surface area contributed by atoms with Crippen LogP contribution in [0.3, 0.4) is 0 Å². The lowest BCUT2D eigenvalue weighted by Gasteiger charge is -2.27. The first-order chi connectivity index (χ1) is 7.73. The van der Waals surface area contributed by atoms with E-state index < -0.39 is 22.0 Å². The SMILES string of the molecule is Cc1cccc(N([C@H](C)C(N)=O)S(C)(=O)=O)c1. The third kappa shape index (κ3) is 3.20. The van der Waals surface area contributed by atoms with Gasteiger partial charge in [0, 0.05) is 0 Å². The minimum absolute atomic E-state index is 0.443. The molecule has 0 bridgehead atoms. The summed E-state index contributed by atoms with van der Waals surface area (Å²) < 4.78 is 24.4. The maximum Gasteiger partial charge on any atom is 0.241 e. The molecule has 1 aromatic carbocycles. The second-order valence-corrected chi connectivity index (χ2v) is 5.84. The molecule has 0 aliphatic carbocycles. The lowest BCUT2D eigenvalue weighted by molar-refractivity contribution is -0.118. The maximum atomic E-state index is 11.7. The zero-order valence-electron chi connectivity index (χ0n) is 10.0. The first kappa shape index (κ1) is 13.5. The molecule has 6 heteroatoms. The van der Waals surface area contributed by atoms with Crippen molar-refractivity contribution >= 4 is 21.6 Å². The summed E-state index contributed by atoms with van der Waals surface area (Å²) in [6.07, 6.45) is 1.05.